The quantitative estimate of drug-likeness (QED) is 0.910. The van der Waals surface area contributed by atoms with Crippen LogP contribution < -0.4 is 4.74 Å². The number of piperidine rings is 1. The van der Waals surface area contributed by atoms with Crippen LogP contribution in [0.5, 0.6) is 5.75 Å². The van der Waals surface area contributed by atoms with Crippen LogP contribution in [0.25, 0.3) is 10.8 Å². The molecule has 1 aliphatic rings. The van der Waals surface area contributed by atoms with E-state index in [9.17, 15) is 5.11 Å². The molecule has 3 heteroatoms. The predicted molar refractivity (Wildman–Crippen MR) is 94.9 cm³/mol. The van der Waals surface area contributed by atoms with Crippen molar-refractivity contribution in [2.24, 2.45) is 0 Å². The zero-order valence-corrected chi connectivity index (χ0v) is 14.1. The normalized spacial score (nSPS) is 23.8. The molecular weight excluding hydrogens is 286 g/mol. The molecule has 0 amide bonds. The molecule has 0 radical (unpaired) electrons. The summed E-state index contributed by atoms with van der Waals surface area (Å²) in [6, 6.07) is 15.4. The number of nitrogens with zero attached hydrogens (tertiary/aromatic N) is 1. The van der Waals surface area contributed by atoms with Crippen LogP contribution >= 0.6 is 0 Å². The van der Waals surface area contributed by atoms with E-state index in [0.717, 1.165) is 11.1 Å². The molecular formula is C20H27NO2. The van der Waals surface area contributed by atoms with E-state index in [1.54, 1.807) is 0 Å². The lowest BCUT2D eigenvalue weighted by Gasteiger charge is -2.40. The highest BCUT2D eigenvalue weighted by atomic mass is 16.5. The Morgan fingerprint density at radius 3 is 2.52 bits per heavy atom. The molecule has 124 valence electrons. The van der Waals surface area contributed by atoms with E-state index >= 15 is 0 Å². The molecule has 0 aromatic heterocycles. The summed E-state index contributed by atoms with van der Waals surface area (Å²) in [5.41, 5.74) is 0. The summed E-state index contributed by atoms with van der Waals surface area (Å²) in [7, 11) is 0. The molecule has 3 rings (SSSR count). The van der Waals surface area contributed by atoms with Gasteiger partial charge in [0.1, 0.15) is 18.5 Å². The van der Waals surface area contributed by atoms with Gasteiger partial charge in [-0.1, -0.05) is 36.8 Å². The van der Waals surface area contributed by atoms with E-state index < -0.39 is 6.10 Å². The average Bonchev–Trinajstić information content (AvgIpc) is 2.56. The Kier molecular flexibility index (Phi) is 5.19. The third kappa shape index (κ3) is 4.04. The summed E-state index contributed by atoms with van der Waals surface area (Å²) in [5.74, 6) is 0.822. The molecule has 0 bridgehead atoms. The van der Waals surface area contributed by atoms with Gasteiger partial charge in [-0.25, -0.2) is 0 Å². The summed E-state index contributed by atoms with van der Waals surface area (Å²) in [6.45, 7) is 5.54. The Bertz CT molecular complexity index is 632. The number of fused-ring (bicyclic) bond motifs is 1. The lowest BCUT2D eigenvalue weighted by Crippen LogP contribution is -2.48. The molecule has 3 atom stereocenters. The van der Waals surface area contributed by atoms with E-state index in [2.05, 4.69) is 36.9 Å². The van der Waals surface area contributed by atoms with Crippen molar-refractivity contribution >= 4 is 10.8 Å². The number of β-amino-alcohol motifs (C(OH)–C–C–N with tert-alkyl or cyclic N) is 1. The highest BCUT2D eigenvalue weighted by molar-refractivity contribution is 5.83. The predicted octanol–water partition coefficient (Wildman–Crippen LogP) is 3.84. The van der Waals surface area contributed by atoms with Gasteiger partial charge in [0.15, 0.2) is 0 Å². The first kappa shape index (κ1) is 16.3. The largest absolute Gasteiger partial charge is 0.491 e. The second-order valence-corrected chi connectivity index (χ2v) is 6.80. The first-order valence-electron chi connectivity index (χ1n) is 8.69. The third-order valence-corrected chi connectivity index (χ3v) is 4.96. The number of aliphatic hydroxyl groups excluding tert-OH is 1. The maximum absolute atomic E-state index is 10.3. The van der Waals surface area contributed by atoms with Gasteiger partial charge in [-0.05, 0) is 49.6 Å². The van der Waals surface area contributed by atoms with Crippen LogP contribution in [0.1, 0.15) is 33.1 Å². The third-order valence-electron chi connectivity index (χ3n) is 4.96. The molecule has 0 unspecified atom stereocenters. The van der Waals surface area contributed by atoms with Crippen LogP contribution in [0.4, 0.5) is 0 Å². The zero-order chi connectivity index (χ0) is 16.2. The number of hydrogen-bond acceptors (Lipinski definition) is 3. The molecule has 3 nitrogen and oxygen atoms in total. The van der Waals surface area contributed by atoms with Crippen molar-refractivity contribution < 1.29 is 9.84 Å². The number of rotatable bonds is 5. The minimum absolute atomic E-state index is 0.342. The summed E-state index contributed by atoms with van der Waals surface area (Å²) in [6.07, 6.45) is 3.29. The van der Waals surface area contributed by atoms with E-state index in [1.807, 2.05) is 24.3 Å². The first-order chi connectivity index (χ1) is 11.1. The summed E-state index contributed by atoms with van der Waals surface area (Å²) in [5, 5.41) is 12.7. The number of hydrogen-bond donors (Lipinski definition) is 1. The molecule has 1 N–H and O–H groups in total. The molecule has 0 saturated carbocycles. The second kappa shape index (κ2) is 7.33. The molecule has 2 aromatic rings. The Hall–Kier alpha value is -1.58. The van der Waals surface area contributed by atoms with Crippen LogP contribution in [0.15, 0.2) is 42.5 Å². The molecule has 1 heterocycles. The molecule has 0 spiro atoms. The fourth-order valence-electron chi connectivity index (χ4n) is 3.58. The zero-order valence-electron chi connectivity index (χ0n) is 14.1. The topological polar surface area (TPSA) is 32.7 Å². The molecule has 23 heavy (non-hydrogen) atoms. The summed E-state index contributed by atoms with van der Waals surface area (Å²) < 4.78 is 5.81. The molecule has 1 fully saturated rings. The minimum Gasteiger partial charge on any atom is -0.491 e. The van der Waals surface area contributed by atoms with Gasteiger partial charge in [0, 0.05) is 18.6 Å². The highest BCUT2D eigenvalue weighted by Crippen LogP contribution is 2.23. The minimum atomic E-state index is -0.454. The maximum atomic E-state index is 10.3. The van der Waals surface area contributed by atoms with Crippen LogP contribution in [0.3, 0.4) is 0 Å². The smallest absolute Gasteiger partial charge is 0.120 e. The lowest BCUT2D eigenvalue weighted by atomic mass is 9.97. The first-order valence-corrected chi connectivity index (χ1v) is 8.69. The molecule has 1 saturated heterocycles. The molecule has 1 aliphatic heterocycles. The second-order valence-electron chi connectivity index (χ2n) is 6.80. The Labute approximate surface area is 138 Å². The van der Waals surface area contributed by atoms with Gasteiger partial charge in [0.25, 0.3) is 0 Å². The number of ether oxygens (including phenoxy) is 1. The Morgan fingerprint density at radius 1 is 1.09 bits per heavy atom. The van der Waals surface area contributed by atoms with Gasteiger partial charge in [0.2, 0.25) is 0 Å². The Morgan fingerprint density at radius 2 is 1.78 bits per heavy atom. The maximum Gasteiger partial charge on any atom is 0.120 e. The van der Waals surface area contributed by atoms with E-state index in [4.69, 9.17) is 4.74 Å². The summed E-state index contributed by atoms with van der Waals surface area (Å²) >= 11 is 0. The van der Waals surface area contributed by atoms with Gasteiger partial charge in [-0.2, -0.15) is 0 Å². The van der Waals surface area contributed by atoms with Crippen molar-refractivity contribution in [1.29, 1.82) is 0 Å². The number of benzene rings is 2. The lowest BCUT2D eigenvalue weighted by molar-refractivity contribution is 0.0209. The van der Waals surface area contributed by atoms with Gasteiger partial charge < -0.3 is 9.84 Å². The number of aliphatic hydroxyl groups is 1. The molecule has 0 aliphatic carbocycles. The van der Waals surface area contributed by atoms with Gasteiger partial charge in [-0.15, -0.1) is 0 Å². The van der Waals surface area contributed by atoms with Gasteiger partial charge >= 0.3 is 0 Å². The van der Waals surface area contributed by atoms with E-state index in [-0.39, 0.29) is 0 Å². The van der Waals surface area contributed by atoms with E-state index in [0.29, 0.717) is 25.2 Å². The van der Waals surface area contributed by atoms with Crippen LogP contribution in [-0.2, 0) is 0 Å². The van der Waals surface area contributed by atoms with Gasteiger partial charge in [-0.3, -0.25) is 4.90 Å². The van der Waals surface area contributed by atoms with Crippen molar-refractivity contribution in [3.05, 3.63) is 42.5 Å². The van der Waals surface area contributed by atoms with E-state index in [1.165, 1.54) is 24.6 Å². The van der Waals surface area contributed by atoms with Crippen LogP contribution in [0.2, 0.25) is 0 Å². The SMILES string of the molecule is C[C@@H]1CCC[C@@H](C)N1C[C@@H](O)COc1ccc2ccccc2c1. The van der Waals surface area contributed by atoms with Crippen LogP contribution in [0, 0.1) is 0 Å². The van der Waals surface area contributed by atoms with Crippen molar-refractivity contribution in [1.82, 2.24) is 4.90 Å². The average molecular weight is 313 g/mol. The van der Waals surface area contributed by atoms with Crippen molar-refractivity contribution in [2.75, 3.05) is 13.2 Å². The monoisotopic (exact) mass is 313 g/mol. The van der Waals surface area contributed by atoms with Crippen molar-refractivity contribution in [3.63, 3.8) is 0 Å². The fraction of sp³-hybridized carbons (Fsp3) is 0.500. The van der Waals surface area contributed by atoms with Crippen molar-refractivity contribution in [2.45, 2.75) is 51.3 Å². The van der Waals surface area contributed by atoms with Gasteiger partial charge in [0.05, 0.1) is 0 Å². The summed E-state index contributed by atoms with van der Waals surface area (Å²) in [4.78, 5) is 2.41. The number of likely N-dealkylation sites (tertiary alicyclic amines) is 1. The molecule has 2 aromatic carbocycles. The van der Waals surface area contributed by atoms with Crippen molar-refractivity contribution in [3.8, 4) is 5.75 Å². The fourth-order valence-corrected chi connectivity index (χ4v) is 3.58. The Balaban J connectivity index is 1.56. The highest BCUT2D eigenvalue weighted by Gasteiger charge is 2.26. The van der Waals surface area contributed by atoms with Crippen LogP contribution in [-0.4, -0.2) is 41.3 Å². The standard InChI is InChI=1S/C20H27NO2/c1-15-6-5-7-16(2)21(15)13-19(22)14-23-20-11-10-17-8-3-4-9-18(17)12-20/h3-4,8-12,15-16,19,22H,5-7,13-14H2,1-2H3/t15-,16-,19-/m1/s1.